The molecule has 3 aromatic rings. The number of hydrogen-bond donors (Lipinski definition) is 0. The van der Waals surface area contributed by atoms with Crippen molar-refractivity contribution in [1.82, 2.24) is 0 Å². The van der Waals surface area contributed by atoms with Crippen molar-refractivity contribution in [2.45, 2.75) is 50.7 Å². The van der Waals surface area contributed by atoms with Crippen LogP contribution in [-0.2, 0) is 11.4 Å². The molecule has 1 saturated carbocycles. The molecule has 1 heterocycles. The lowest BCUT2D eigenvalue weighted by molar-refractivity contribution is -0.117. The number of methoxy groups -OCH3 is 2. The second-order valence-corrected chi connectivity index (χ2v) is 9.47. The van der Waals surface area contributed by atoms with E-state index in [1.807, 2.05) is 59.5 Å². The Morgan fingerprint density at radius 3 is 2.42 bits per heavy atom. The molecule has 2 aliphatic rings. The smallest absolute Gasteiger partial charge is 0.227 e. The van der Waals surface area contributed by atoms with E-state index in [-0.39, 0.29) is 17.9 Å². The number of ether oxygens (including phenoxy) is 4. The van der Waals surface area contributed by atoms with Gasteiger partial charge in [-0.1, -0.05) is 24.3 Å². The number of amides is 1. The summed E-state index contributed by atoms with van der Waals surface area (Å²) in [6.45, 7) is 1.07. The summed E-state index contributed by atoms with van der Waals surface area (Å²) < 4.78 is 23.0. The van der Waals surface area contributed by atoms with Gasteiger partial charge in [0.25, 0.3) is 0 Å². The highest BCUT2D eigenvalue weighted by molar-refractivity contribution is 5.96. The molecule has 0 bridgehead atoms. The average molecular weight is 488 g/mol. The lowest BCUT2D eigenvalue weighted by atomic mass is 9.98. The van der Waals surface area contributed by atoms with E-state index in [1.165, 1.54) is 12.8 Å². The van der Waals surface area contributed by atoms with Crippen LogP contribution in [0.15, 0.2) is 66.7 Å². The molecule has 36 heavy (non-hydrogen) atoms. The highest BCUT2D eigenvalue weighted by atomic mass is 16.5. The molecule has 1 unspecified atom stereocenters. The van der Waals surface area contributed by atoms with Crippen molar-refractivity contribution in [3.8, 4) is 23.0 Å². The minimum absolute atomic E-state index is 0.0956. The third kappa shape index (κ3) is 5.43. The van der Waals surface area contributed by atoms with Crippen molar-refractivity contribution in [1.29, 1.82) is 0 Å². The molecule has 0 aromatic heterocycles. The van der Waals surface area contributed by atoms with E-state index in [4.69, 9.17) is 18.9 Å². The van der Waals surface area contributed by atoms with Crippen LogP contribution in [0.2, 0.25) is 0 Å². The Balaban J connectivity index is 1.27. The van der Waals surface area contributed by atoms with Crippen molar-refractivity contribution in [3.05, 3.63) is 77.9 Å². The maximum absolute atomic E-state index is 13.0. The largest absolute Gasteiger partial charge is 0.497 e. The van der Waals surface area contributed by atoms with E-state index in [0.717, 1.165) is 52.7 Å². The SMILES string of the molecule is COc1ccc(COc2cccc(N3CC(c4ccc(OC)c(OC5CCCC5)c4)CC3=O)c2)cc1. The quantitative estimate of drug-likeness (QED) is 0.364. The fourth-order valence-electron chi connectivity index (χ4n) is 5.04. The molecule has 1 atom stereocenters. The Kier molecular flexibility index (Phi) is 7.31. The number of carbonyl (C=O) groups excluding carboxylic acids is 1. The van der Waals surface area contributed by atoms with Crippen molar-refractivity contribution >= 4 is 11.6 Å². The summed E-state index contributed by atoms with van der Waals surface area (Å²) in [6, 6.07) is 21.6. The van der Waals surface area contributed by atoms with Crippen LogP contribution in [-0.4, -0.2) is 32.8 Å². The predicted octanol–water partition coefficient (Wildman–Crippen LogP) is 6.12. The van der Waals surface area contributed by atoms with Crippen molar-refractivity contribution in [3.63, 3.8) is 0 Å². The standard InChI is InChI=1S/C30H33NO5/c1-33-25-13-10-21(11-14-25)20-35-27-9-5-6-24(18-27)31-19-23(17-30(31)32)22-12-15-28(34-2)29(16-22)36-26-7-3-4-8-26/h5-6,9-16,18,23,26H,3-4,7-8,17,19-20H2,1-2H3. The van der Waals surface area contributed by atoms with Crippen LogP contribution >= 0.6 is 0 Å². The molecule has 6 nitrogen and oxygen atoms in total. The summed E-state index contributed by atoms with van der Waals surface area (Å²) in [5.41, 5.74) is 3.01. The third-order valence-corrected chi connectivity index (χ3v) is 7.07. The zero-order valence-corrected chi connectivity index (χ0v) is 20.9. The first-order valence-corrected chi connectivity index (χ1v) is 12.6. The van der Waals surface area contributed by atoms with Crippen LogP contribution < -0.4 is 23.8 Å². The Hall–Kier alpha value is -3.67. The highest BCUT2D eigenvalue weighted by Crippen LogP contribution is 2.38. The first-order valence-electron chi connectivity index (χ1n) is 12.6. The monoisotopic (exact) mass is 487 g/mol. The lowest BCUT2D eigenvalue weighted by Crippen LogP contribution is -2.24. The number of rotatable bonds is 9. The summed E-state index contributed by atoms with van der Waals surface area (Å²) in [5.74, 6) is 3.28. The van der Waals surface area contributed by atoms with Gasteiger partial charge in [-0.3, -0.25) is 4.79 Å². The summed E-state index contributed by atoms with van der Waals surface area (Å²) in [6.07, 6.45) is 5.30. The zero-order chi connectivity index (χ0) is 24.9. The topological polar surface area (TPSA) is 57.2 Å². The number of anilines is 1. The molecule has 6 heteroatoms. The van der Waals surface area contributed by atoms with Gasteiger partial charge in [-0.05, 0) is 73.2 Å². The van der Waals surface area contributed by atoms with E-state index < -0.39 is 0 Å². The molecule has 5 rings (SSSR count). The van der Waals surface area contributed by atoms with E-state index in [2.05, 4.69) is 12.1 Å². The molecule has 3 aromatic carbocycles. The van der Waals surface area contributed by atoms with Gasteiger partial charge in [0.05, 0.1) is 20.3 Å². The Bertz CT molecular complexity index is 1190. The number of nitrogens with zero attached hydrogens (tertiary/aromatic N) is 1. The van der Waals surface area contributed by atoms with E-state index in [1.54, 1.807) is 14.2 Å². The minimum atomic E-state index is 0.0956. The van der Waals surface area contributed by atoms with Crippen LogP contribution in [0.3, 0.4) is 0 Å². The first-order chi connectivity index (χ1) is 17.6. The maximum Gasteiger partial charge on any atom is 0.227 e. The van der Waals surface area contributed by atoms with Crippen molar-refractivity contribution < 1.29 is 23.7 Å². The normalized spacial score (nSPS) is 17.9. The van der Waals surface area contributed by atoms with E-state index in [0.29, 0.717) is 19.6 Å². The molecule has 1 amide bonds. The van der Waals surface area contributed by atoms with Crippen molar-refractivity contribution in [2.24, 2.45) is 0 Å². The Labute approximate surface area is 212 Å². The molecule has 1 aliphatic heterocycles. The molecular weight excluding hydrogens is 454 g/mol. The number of hydrogen-bond acceptors (Lipinski definition) is 5. The van der Waals surface area contributed by atoms with Gasteiger partial charge >= 0.3 is 0 Å². The molecule has 0 spiro atoms. The van der Waals surface area contributed by atoms with Gasteiger partial charge in [0, 0.05) is 30.6 Å². The second kappa shape index (κ2) is 10.9. The summed E-state index contributed by atoms with van der Waals surface area (Å²) >= 11 is 0. The van der Waals surface area contributed by atoms with Crippen LogP contribution in [0, 0.1) is 0 Å². The number of carbonyl (C=O) groups is 1. The minimum Gasteiger partial charge on any atom is -0.497 e. The Morgan fingerprint density at radius 2 is 1.67 bits per heavy atom. The summed E-state index contributed by atoms with van der Waals surface area (Å²) in [4.78, 5) is 14.9. The fraction of sp³-hybridized carbons (Fsp3) is 0.367. The molecule has 188 valence electrons. The molecule has 0 N–H and O–H groups in total. The maximum atomic E-state index is 13.0. The highest BCUT2D eigenvalue weighted by Gasteiger charge is 2.32. The molecule has 0 radical (unpaired) electrons. The Morgan fingerprint density at radius 1 is 0.861 bits per heavy atom. The molecule has 1 saturated heterocycles. The fourth-order valence-corrected chi connectivity index (χ4v) is 5.04. The summed E-state index contributed by atoms with van der Waals surface area (Å²) in [7, 11) is 3.32. The van der Waals surface area contributed by atoms with Gasteiger partial charge < -0.3 is 23.8 Å². The van der Waals surface area contributed by atoms with Crippen LogP contribution in [0.1, 0.15) is 49.1 Å². The third-order valence-electron chi connectivity index (χ3n) is 7.07. The van der Waals surface area contributed by atoms with Gasteiger partial charge in [-0.15, -0.1) is 0 Å². The van der Waals surface area contributed by atoms with Gasteiger partial charge in [-0.25, -0.2) is 0 Å². The van der Waals surface area contributed by atoms with Gasteiger partial charge in [0.1, 0.15) is 18.1 Å². The summed E-state index contributed by atoms with van der Waals surface area (Å²) in [5, 5.41) is 0. The van der Waals surface area contributed by atoms with Crippen LogP contribution in [0.25, 0.3) is 0 Å². The second-order valence-electron chi connectivity index (χ2n) is 9.47. The average Bonchev–Trinajstić information content (AvgIpc) is 3.57. The zero-order valence-electron chi connectivity index (χ0n) is 20.9. The van der Waals surface area contributed by atoms with Gasteiger partial charge in [0.15, 0.2) is 11.5 Å². The molecular formula is C30H33NO5. The van der Waals surface area contributed by atoms with Gasteiger partial charge in [0.2, 0.25) is 5.91 Å². The van der Waals surface area contributed by atoms with Crippen molar-refractivity contribution in [2.75, 3.05) is 25.7 Å². The molecule has 2 fully saturated rings. The van der Waals surface area contributed by atoms with Crippen LogP contribution in [0.4, 0.5) is 5.69 Å². The van der Waals surface area contributed by atoms with Gasteiger partial charge in [-0.2, -0.15) is 0 Å². The van der Waals surface area contributed by atoms with E-state index in [9.17, 15) is 4.79 Å². The lowest BCUT2D eigenvalue weighted by Gasteiger charge is -2.20. The molecule has 1 aliphatic carbocycles. The van der Waals surface area contributed by atoms with E-state index >= 15 is 0 Å². The number of benzene rings is 3. The van der Waals surface area contributed by atoms with Crippen LogP contribution in [0.5, 0.6) is 23.0 Å². The first kappa shape index (κ1) is 24.0. The predicted molar refractivity (Wildman–Crippen MR) is 139 cm³/mol.